The highest BCUT2D eigenvalue weighted by atomic mass is 16.3. The molecule has 3 rings (SSSR count). The molecule has 1 saturated heterocycles. The number of phenolic OH excluding ortho intramolecular Hbond substituents is 1. The SMILES string of the molecule is NC(=O)CN1CCC(NC2CCc3cc(O)ccc32)CC1. The van der Waals surface area contributed by atoms with Crippen LogP contribution in [-0.4, -0.2) is 41.6 Å². The Hall–Kier alpha value is -1.59. The Morgan fingerprint density at radius 2 is 2.10 bits per heavy atom. The van der Waals surface area contributed by atoms with Crippen molar-refractivity contribution in [2.45, 2.75) is 37.8 Å². The summed E-state index contributed by atoms with van der Waals surface area (Å²) >= 11 is 0. The van der Waals surface area contributed by atoms with Crippen LogP contribution in [0.4, 0.5) is 0 Å². The fraction of sp³-hybridized carbons (Fsp3) is 0.562. The molecule has 1 aromatic carbocycles. The number of hydrogen-bond acceptors (Lipinski definition) is 4. The fourth-order valence-corrected chi connectivity index (χ4v) is 3.54. The summed E-state index contributed by atoms with van der Waals surface area (Å²) in [5, 5.41) is 13.3. The van der Waals surface area contributed by atoms with E-state index in [4.69, 9.17) is 5.73 Å². The molecule has 0 aromatic heterocycles. The van der Waals surface area contributed by atoms with Crippen molar-refractivity contribution in [1.82, 2.24) is 10.2 Å². The van der Waals surface area contributed by atoms with Crippen molar-refractivity contribution in [2.24, 2.45) is 5.73 Å². The topological polar surface area (TPSA) is 78.6 Å². The third-order valence-electron chi connectivity index (χ3n) is 4.61. The highest BCUT2D eigenvalue weighted by Crippen LogP contribution is 2.34. The van der Waals surface area contributed by atoms with Crippen molar-refractivity contribution in [1.29, 1.82) is 0 Å². The Morgan fingerprint density at radius 1 is 1.33 bits per heavy atom. The van der Waals surface area contributed by atoms with Gasteiger partial charge in [0.2, 0.25) is 5.91 Å². The van der Waals surface area contributed by atoms with Crippen LogP contribution < -0.4 is 11.1 Å². The number of piperidine rings is 1. The van der Waals surface area contributed by atoms with Gasteiger partial charge in [0.1, 0.15) is 5.75 Å². The first-order valence-electron chi connectivity index (χ1n) is 7.70. The molecule has 5 nitrogen and oxygen atoms in total. The van der Waals surface area contributed by atoms with Crippen LogP contribution in [0.2, 0.25) is 0 Å². The van der Waals surface area contributed by atoms with Crippen molar-refractivity contribution in [3.05, 3.63) is 29.3 Å². The van der Waals surface area contributed by atoms with Crippen LogP contribution in [0.25, 0.3) is 0 Å². The van der Waals surface area contributed by atoms with E-state index in [1.54, 1.807) is 6.07 Å². The zero-order chi connectivity index (χ0) is 14.8. The third kappa shape index (κ3) is 3.36. The highest BCUT2D eigenvalue weighted by molar-refractivity contribution is 5.75. The van der Waals surface area contributed by atoms with Crippen LogP contribution in [0.15, 0.2) is 18.2 Å². The van der Waals surface area contributed by atoms with E-state index in [2.05, 4.69) is 10.2 Å². The van der Waals surface area contributed by atoms with Gasteiger partial charge in [-0.3, -0.25) is 9.69 Å². The number of nitrogens with zero attached hydrogens (tertiary/aromatic N) is 1. The Balaban J connectivity index is 1.54. The Bertz CT molecular complexity index is 524. The Kier molecular flexibility index (Phi) is 4.12. The summed E-state index contributed by atoms with van der Waals surface area (Å²) < 4.78 is 0. The van der Waals surface area contributed by atoms with Gasteiger partial charge in [0.15, 0.2) is 0 Å². The summed E-state index contributed by atoms with van der Waals surface area (Å²) in [5.41, 5.74) is 7.83. The lowest BCUT2D eigenvalue weighted by atomic mass is 10.0. The van der Waals surface area contributed by atoms with E-state index in [0.29, 0.717) is 24.4 Å². The summed E-state index contributed by atoms with van der Waals surface area (Å²) in [5.74, 6) is 0.111. The number of aryl methyl sites for hydroxylation is 1. The van der Waals surface area contributed by atoms with E-state index in [0.717, 1.165) is 38.8 Å². The van der Waals surface area contributed by atoms with Gasteiger partial charge in [-0.25, -0.2) is 0 Å². The quantitative estimate of drug-likeness (QED) is 0.770. The second-order valence-corrected chi connectivity index (χ2v) is 6.16. The van der Waals surface area contributed by atoms with Crippen molar-refractivity contribution in [2.75, 3.05) is 19.6 Å². The average Bonchev–Trinajstić information content (AvgIpc) is 2.83. The molecule has 1 aromatic rings. The first kappa shape index (κ1) is 14.4. The molecule has 0 saturated carbocycles. The van der Waals surface area contributed by atoms with Crippen LogP contribution >= 0.6 is 0 Å². The lowest BCUT2D eigenvalue weighted by Crippen LogP contribution is -2.45. The van der Waals surface area contributed by atoms with E-state index in [-0.39, 0.29) is 5.91 Å². The van der Waals surface area contributed by atoms with Gasteiger partial charge in [-0.05, 0) is 48.9 Å². The van der Waals surface area contributed by atoms with E-state index in [1.165, 1.54) is 11.1 Å². The lowest BCUT2D eigenvalue weighted by Gasteiger charge is -2.33. The minimum atomic E-state index is -0.245. The summed E-state index contributed by atoms with van der Waals surface area (Å²) in [6, 6.07) is 6.59. The average molecular weight is 289 g/mol. The number of aromatic hydroxyl groups is 1. The number of likely N-dealkylation sites (tertiary alicyclic amines) is 1. The maximum Gasteiger partial charge on any atom is 0.231 e. The number of amides is 1. The van der Waals surface area contributed by atoms with Crippen molar-refractivity contribution < 1.29 is 9.90 Å². The van der Waals surface area contributed by atoms with E-state index >= 15 is 0 Å². The molecular formula is C16H23N3O2. The molecule has 1 unspecified atom stereocenters. The van der Waals surface area contributed by atoms with Crippen LogP contribution in [0.3, 0.4) is 0 Å². The van der Waals surface area contributed by atoms with E-state index < -0.39 is 0 Å². The van der Waals surface area contributed by atoms with Gasteiger partial charge in [-0.1, -0.05) is 6.07 Å². The van der Waals surface area contributed by atoms with Crippen LogP contribution in [-0.2, 0) is 11.2 Å². The van der Waals surface area contributed by atoms with Crippen LogP contribution in [0, 0.1) is 0 Å². The standard InChI is InChI=1S/C16H23N3O2/c17-16(21)10-19-7-5-12(6-8-19)18-15-4-1-11-9-13(20)2-3-14(11)15/h2-3,9,12,15,18,20H,1,4-8,10H2,(H2,17,21). The van der Waals surface area contributed by atoms with Gasteiger partial charge in [-0.15, -0.1) is 0 Å². The highest BCUT2D eigenvalue weighted by Gasteiger charge is 2.27. The van der Waals surface area contributed by atoms with E-state index in [9.17, 15) is 9.90 Å². The normalized spacial score (nSPS) is 23.1. The number of carbonyl (C=O) groups is 1. The summed E-state index contributed by atoms with van der Waals surface area (Å²) in [6.45, 7) is 2.23. The van der Waals surface area contributed by atoms with Gasteiger partial charge in [-0.2, -0.15) is 0 Å². The molecule has 0 bridgehead atoms. The number of benzene rings is 1. The summed E-state index contributed by atoms with van der Waals surface area (Å²) in [7, 11) is 0. The number of nitrogens with one attached hydrogen (secondary N) is 1. The monoisotopic (exact) mass is 289 g/mol. The molecule has 5 heteroatoms. The second kappa shape index (κ2) is 6.03. The lowest BCUT2D eigenvalue weighted by molar-refractivity contribution is -0.119. The zero-order valence-corrected chi connectivity index (χ0v) is 12.2. The first-order chi connectivity index (χ1) is 10.1. The molecule has 1 atom stereocenters. The molecular weight excluding hydrogens is 266 g/mol. The molecule has 0 radical (unpaired) electrons. The minimum Gasteiger partial charge on any atom is -0.508 e. The molecule has 1 aliphatic carbocycles. The molecule has 1 heterocycles. The van der Waals surface area contributed by atoms with Crippen molar-refractivity contribution in [3.63, 3.8) is 0 Å². The number of hydrogen-bond donors (Lipinski definition) is 3. The van der Waals surface area contributed by atoms with Crippen molar-refractivity contribution >= 4 is 5.91 Å². The van der Waals surface area contributed by atoms with Gasteiger partial charge < -0.3 is 16.2 Å². The van der Waals surface area contributed by atoms with Gasteiger partial charge in [0, 0.05) is 25.2 Å². The number of phenols is 1. The predicted molar refractivity (Wildman–Crippen MR) is 81.0 cm³/mol. The Labute approximate surface area is 125 Å². The fourth-order valence-electron chi connectivity index (χ4n) is 3.54. The minimum absolute atomic E-state index is 0.245. The van der Waals surface area contributed by atoms with Gasteiger partial charge in [0.05, 0.1) is 6.54 Å². The summed E-state index contributed by atoms with van der Waals surface area (Å²) in [6.07, 6.45) is 4.23. The maximum absolute atomic E-state index is 10.9. The molecule has 4 N–H and O–H groups in total. The Morgan fingerprint density at radius 3 is 2.81 bits per heavy atom. The maximum atomic E-state index is 10.9. The number of nitrogens with two attached hydrogens (primary N) is 1. The molecule has 1 aliphatic heterocycles. The smallest absolute Gasteiger partial charge is 0.231 e. The summed E-state index contributed by atoms with van der Waals surface area (Å²) in [4.78, 5) is 13.1. The predicted octanol–water partition coefficient (Wildman–Crippen LogP) is 0.919. The second-order valence-electron chi connectivity index (χ2n) is 6.16. The number of carbonyl (C=O) groups excluding carboxylic acids is 1. The van der Waals surface area contributed by atoms with Crippen LogP contribution in [0.1, 0.15) is 36.4 Å². The van der Waals surface area contributed by atoms with Crippen LogP contribution in [0.5, 0.6) is 5.75 Å². The van der Waals surface area contributed by atoms with E-state index in [1.807, 2.05) is 12.1 Å². The van der Waals surface area contributed by atoms with Gasteiger partial charge in [0.25, 0.3) is 0 Å². The molecule has 0 spiro atoms. The molecule has 21 heavy (non-hydrogen) atoms. The molecule has 114 valence electrons. The first-order valence-corrected chi connectivity index (χ1v) is 7.70. The zero-order valence-electron chi connectivity index (χ0n) is 12.2. The molecule has 1 amide bonds. The number of rotatable bonds is 4. The molecule has 2 aliphatic rings. The third-order valence-corrected chi connectivity index (χ3v) is 4.61. The number of fused-ring (bicyclic) bond motifs is 1. The van der Waals surface area contributed by atoms with Gasteiger partial charge >= 0.3 is 0 Å². The largest absolute Gasteiger partial charge is 0.508 e. The van der Waals surface area contributed by atoms with Crippen molar-refractivity contribution in [3.8, 4) is 5.75 Å². The molecule has 1 fully saturated rings. The number of primary amides is 1.